The van der Waals surface area contributed by atoms with Crippen molar-refractivity contribution in [3.05, 3.63) is 52.5 Å². The third-order valence-corrected chi connectivity index (χ3v) is 7.47. The number of anilines is 2. The van der Waals surface area contributed by atoms with Crippen molar-refractivity contribution in [1.82, 2.24) is 4.31 Å². The average Bonchev–Trinajstić information content (AvgIpc) is 2.70. The Balaban J connectivity index is 1.62. The van der Waals surface area contributed by atoms with Crippen molar-refractivity contribution in [3.8, 4) is 0 Å². The second-order valence-electron chi connectivity index (χ2n) is 6.86. The van der Waals surface area contributed by atoms with E-state index in [0.29, 0.717) is 24.5 Å². The van der Waals surface area contributed by atoms with Gasteiger partial charge in [0, 0.05) is 28.9 Å². The highest BCUT2D eigenvalue weighted by atomic mass is 79.9. The van der Waals surface area contributed by atoms with Crippen LogP contribution in [0.4, 0.5) is 11.4 Å². The Kier molecular flexibility index (Phi) is 6.74. The van der Waals surface area contributed by atoms with Crippen molar-refractivity contribution in [2.24, 2.45) is 0 Å². The lowest BCUT2D eigenvalue weighted by Gasteiger charge is -2.26. The van der Waals surface area contributed by atoms with Gasteiger partial charge in [0.25, 0.3) is 0 Å². The van der Waals surface area contributed by atoms with Crippen molar-refractivity contribution < 1.29 is 13.2 Å². The predicted molar refractivity (Wildman–Crippen MR) is 115 cm³/mol. The van der Waals surface area contributed by atoms with Gasteiger partial charge in [-0.25, -0.2) is 8.42 Å². The number of halogens is 1. The molecule has 2 N–H and O–H groups in total. The van der Waals surface area contributed by atoms with E-state index >= 15 is 0 Å². The number of piperidine rings is 1. The van der Waals surface area contributed by atoms with Crippen LogP contribution in [0.25, 0.3) is 0 Å². The van der Waals surface area contributed by atoms with Gasteiger partial charge >= 0.3 is 0 Å². The molecule has 1 aliphatic rings. The largest absolute Gasteiger partial charge is 0.376 e. The molecule has 0 atom stereocenters. The number of aryl methyl sites for hydroxylation is 1. The van der Waals surface area contributed by atoms with Gasteiger partial charge in [0.2, 0.25) is 15.9 Å². The third-order valence-electron chi connectivity index (χ3n) is 4.68. The van der Waals surface area contributed by atoms with Gasteiger partial charge in [-0.3, -0.25) is 4.79 Å². The molecule has 1 saturated heterocycles. The fraction of sp³-hybridized carbons (Fsp3) is 0.350. The number of nitrogens with zero attached hydrogens (tertiary/aromatic N) is 1. The van der Waals surface area contributed by atoms with Crippen molar-refractivity contribution in [3.63, 3.8) is 0 Å². The summed E-state index contributed by atoms with van der Waals surface area (Å²) in [5, 5.41) is 5.83. The molecule has 0 aliphatic carbocycles. The standard InChI is InChI=1S/C20H24BrN3O3S/c1-15-12-17(8-9-19(15)21)23-20(25)14-22-16-6-5-7-18(13-16)28(26,27)24-10-3-2-4-11-24/h5-9,12-13,22H,2-4,10-11,14H2,1H3,(H,23,25). The van der Waals surface area contributed by atoms with Crippen LogP contribution in [0.3, 0.4) is 0 Å². The van der Waals surface area contributed by atoms with Crippen molar-refractivity contribution >= 4 is 43.2 Å². The van der Waals surface area contributed by atoms with Gasteiger partial charge in [-0.1, -0.05) is 28.4 Å². The molecule has 0 unspecified atom stereocenters. The molecule has 0 bridgehead atoms. The van der Waals surface area contributed by atoms with Crippen molar-refractivity contribution in [2.45, 2.75) is 31.1 Å². The summed E-state index contributed by atoms with van der Waals surface area (Å²) in [6.45, 7) is 3.12. The molecule has 2 aromatic rings. The molecule has 150 valence electrons. The summed E-state index contributed by atoms with van der Waals surface area (Å²) in [4.78, 5) is 12.5. The van der Waals surface area contributed by atoms with E-state index in [1.807, 2.05) is 25.1 Å². The maximum absolute atomic E-state index is 12.8. The summed E-state index contributed by atoms with van der Waals surface area (Å²) >= 11 is 3.43. The fourth-order valence-electron chi connectivity index (χ4n) is 3.13. The number of amides is 1. The maximum Gasteiger partial charge on any atom is 0.243 e. The molecule has 8 heteroatoms. The summed E-state index contributed by atoms with van der Waals surface area (Å²) in [7, 11) is -3.49. The first-order chi connectivity index (χ1) is 13.4. The molecule has 28 heavy (non-hydrogen) atoms. The van der Waals surface area contributed by atoms with Crippen LogP contribution in [-0.2, 0) is 14.8 Å². The Morgan fingerprint density at radius 3 is 2.54 bits per heavy atom. The first kappa shape index (κ1) is 20.8. The predicted octanol–water partition coefficient (Wildman–Crippen LogP) is 3.98. The normalized spacial score (nSPS) is 15.2. The van der Waals surface area contributed by atoms with Crippen LogP contribution in [0, 0.1) is 6.92 Å². The molecule has 0 saturated carbocycles. The van der Waals surface area contributed by atoms with Gasteiger partial charge in [0.05, 0.1) is 11.4 Å². The van der Waals surface area contributed by atoms with Gasteiger partial charge in [-0.05, 0) is 61.7 Å². The van der Waals surface area contributed by atoms with Crippen LogP contribution in [0.1, 0.15) is 24.8 Å². The molecule has 1 heterocycles. The highest BCUT2D eigenvalue weighted by molar-refractivity contribution is 9.10. The number of nitrogens with one attached hydrogen (secondary N) is 2. The van der Waals surface area contributed by atoms with Crippen molar-refractivity contribution in [2.75, 3.05) is 30.3 Å². The molecular formula is C20H24BrN3O3S. The Labute approximate surface area is 174 Å². The zero-order valence-electron chi connectivity index (χ0n) is 15.7. The quantitative estimate of drug-likeness (QED) is 0.675. The summed E-state index contributed by atoms with van der Waals surface area (Å²) < 4.78 is 28.1. The molecule has 0 radical (unpaired) electrons. The van der Waals surface area contributed by atoms with E-state index in [1.165, 1.54) is 4.31 Å². The summed E-state index contributed by atoms with van der Waals surface area (Å²) in [5.41, 5.74) is 2.34. The average molecular weight is 466 g/mol. The lowest BCUT2D eigenvalue weighted by atomic mass is 10.2. The molecule has 0 aromatic heterocycles. The molecule has 1 fully saturated rings. The number of hydrogen-bond donors (Lipinski definition) is 2. The number of benzene rings is 2. The van der Waals surface area contributed by atoms with E-state index in [-0.39, 0.29) is 17.3 Å². The van der Waals surface area contributed by atoms with Crippen LogP contribution in [-0.4, -0.2) is 38.3 Å². The Hall–Kier alpha value is -1.90. The van der Waals surface area contributed by atoms with E-state index < -0.39 is 10.0 Å². The van der Waals surface area contributed by atoms with Gasteiger partial charge in [-0.2, -0.15) is 4.31 Å². The first-order valence-corrected chi connectivity index (χ1v) is 11.5. The summed E-state index contributed by atoms with van der Waals surface area (Å²) in [6.07, 6.45) is 2.86. The van der Waals surface area contributed by atoms with E-state index in [1.54, 1.807) is 24.3 Å². The first-order valence-electron chi connectivity index (χ1n) is 9.26. The molecule has 2 aromatic carbocycles. The SMILES string of the molecule is Cc1cc(NC(=O)CNc2cccc(S(=O)(=O)N3CCCCC3)c2)ccc1Br. The van der Waals surface area contributed by atoms with Crippen LogP contribution in [0.5, 0.6) is 0 Å². The van der Waals surface area contributed by atoms with E-state index in [0.717, 1.165) is 29.3 Å². The van der Waals surface area contributed by atoms with Crippen LogP contribution in [0.15, 0.2) is 51.8 Å². The topological polar surface area (TPSA) is 78.5 Å². The zero-order valence-corrected chi connectivity index (χ0v) is 18.1. The molecule has 0 spiro atoms. The fourth-order valence-corrected chi connectivity index (χ4v) is 4.94. The van der Waals surface area contributed by atoms with Gasteiger partial charge in [0.1, 0.15) is 0 Å². The summed E-state index contributed by atoms with van der Waals surface area (Å²) in [5.74, 6) is -0.203. The highest BCUT2D eigenvalue weighted by Gasteiger charge is 2.25. The Morgan fingerprint density at radius 2 is 1.82 bits per heavy atom. The third kappa shape index (κ3) is 5.12. The van der Waals surface area contributed by atoms with Gasteiger partial charge in [0.15, 0.2) is 0 Å². The van der Waals surface area contributed by atoms with Gasteiger partial charge < -0.3 is 10.6 Å². The van der Waals surface area contributed by atoms with Gasteiger partial charge in [-0.15, -0.1) is 0 Å². The Morgan fingerprint density at radius 1 is 1.07 bits per heavy atom. The smallest absolute Gasteiger partial charge is 0.243 e. The zero-order chi connectivity index (χ0) is 20.1. The maximum atomic E-state index is 12.8. The molecule has 6 nitrogen and oxygen atoms in total. The summed E-state index contributed by atoms with van der Waals surface area (Å²) in [6, 6.07) is 12.2. The molecule has 1 amide bonds. The van der Waals surface area contributed by atoms with E-state index in [9.17, 15) is 13.2 Å². The minimum Gasteiger partial charge on any atom is -0.376 e. The molecule has 3 rings (SSSR count). The molecular weight excluding hydrogens is 442 g/mol. The van der Waals surface area contributed by atoms with Crippen molar-refractivity contribution in [1.29, 1.82) is 0 Å². The van der Waals surface area contributed by atoms with E-state index in [2.05, 4.69) is 26.6 Å². The lowest BCUT2D eigenvalue weighted by molar-refractivity contribution is -0.114. The minimum absolute atomic E-state index is 0.0440. The van der Waals surface area contributed by atoms with Crippen LogP contribution in [0.2, 0.25) is 0 Å². The highest BCUT2D eigenvalue weighted by Crippen LogP contribution is 2.23. The number of carbonyl (C=O) groups excluding carboxylic acids is 1. The number of hydrogen-bond acceptors (Lipinski definition) is 4. The van der Waals surface area contributed by atoms with E-state index in [4.69, 9.17) is 0 Å². The monoisotopic (exact) mass is 465 g/mol. The Bertz CT molecular complexity index is 957. The second-order valence-corrected chi connectivity index (χ2v) is 9.65. The number of carbonyl (C=O) groups is 1. The van der Waals surface area contributed by atoms with Crippen LogP contribution < -0.4 is 10.6 Å². The molecule has 1 aliphatic heterocycles. The number of rotatable bonds is 6. The minimum atomic E-state index is -3.49. The number of sulfonamides is 1. The van der Waals surface area contributed by atoms with Crippen LogP contribution >= 0.6 is 15.9 Å². The lowest BCUT2D eigenvalue weighted by Crippen LogP contribution is -2.35. The second kappa shape index (κ2) is 9.07.